The number of hydrogen-bond donors (Lipinski definition) is 2. The summed E-state index contributed by atoms with van der Waals surface area (Å²) in [5, 5.41) is 11.3. The predicted molar refractivity (Wildman–Crippen MR) is 72.4 cm³/mol. The number of nitrogens with one attached hydrogen (secondary N) is 1. The largest absolute Gasteiger partial charge is 0.478 e. The molecule has 2 aromatic rings. The van der Waals surface area contributed by atoms with E-state index in [1.165, 1.54) is 18.3 Å². The van der Waals surface area contributed by atoms with Gasteiger partial charge in [-0.2, -0.15) is 0 Å². The SMILES string of the molecule is O=C(CCc1cccnc1)Nc1ccc(C(=O)O)cn1. The molecule has 0 bridgehead atoms. The Bertz CT molecular complexity index is 597. The van der Waals surface area contributed by atoms with Gasteiger partial charge < -0.3 is 10.4 Å². The lowest BCUT2D eigenvalue weighted by atomic mass is 10.1. The van der Waals surface area contributed by atoms with E-state index in [0.717, 1.165) is 5.56 Å². The Balaban J connectivity index is 1.86. The third-order valence-electron chi connectivity index (χ3n) is 2.64. The van der Waals surface area contributed by atoms with E-state index in [0.29, 0.717) is 18.7 Å². The molecule has 1 amide bonds. The molecular weight excluding hydrogens is 258 g/mol. The highest BCUT2D eigenvalue weighted by Crippen LogP contribution is 2.07. The molecule has 0 saturated carbocycles. The van der Waals surface area contributed by atoms with E-state index in [9.17, 15) is 9.59 Å². The van der Waals surface area contributed by atoms with E-state index in [-0.39, 0.29) is 11.5 Å². The predicted octanol–water partition coefficient (Wildman–Crippen LogP) is 1.75. The summed E-state index contributed by atoms with van der Waals surface area (Å²) in [6, 6.07) is 6.58. The number of nitrogens with zero attached hydrogens (tertiary/aromatic N) is 2. The topological polar surface area (TPSA) is 92.2 Å². The van der Waals surface area contributed by atoms with E-state index in [1.807, 2.05) is 12.1 Å². The number of aromatic nitrogens is 2. The summed E-state index contributed by atoms with van der Waals surface area (Å²) in [5.74, 6) is -0.887. The van der Waals surface area contributed by atoms with Crippen LogP contribution in [0.4, 0.5) is 5.82 Å². The van der Waals surface area contributed by atoms with Crippen molar-refractivity contribution in [3.8, 4) is 0 Å². The molecule has 0 radical (unpaired) electrons. The van der Waals surface area contributed by atoms with Crippen LogP contribution in [-0.4, -0.2) is 27.0 Å². The van der Waals surface area contributed by atoms with E-state index in [1.54, 1.807) is 12.4 Å². The molecule has 2 rings (SSSR count). The monoisotopic (exact) mass is 271 g/mol. The maximum absolute atomic E-state index is 11.7. The molecule has 102 valence electrons. The standard InChI is InChI=1S/C14H13N3O3/c18-13(6-3-10-2-1-7-15-8-10)17-12-5-4-11(9-16-12)14(19)20/h1-2,4-5,7-9H,3,6H2,(H,19,20)(H,16,17,18). The lowest BCUT2D eigenvalue weighted by Gasteiger charge is -2.04. The molecule has 6 heteroatoms. The van der Waals surface area contributed by atoms with Crippen LogP contribution in [0.1, 0.15) is 22.3 Å². The van der Waals surface area contributed by atoms with E-state index in [2.05, 4.69) is 15.3 Å². The number of pyridine rings is 2. The van der Waals surface area contributed by atoms with Crippen molar-refractivity contribution in [3.63, 3.8) is 0 Å². The fourth-order valence-corrected chi connectivity index (χ4v) is 1.60. The second-order valence-electron chi connectivity index (χ2n) is 4.15. The van der Waals surface area contributed by atoms with Crippen LogP contribution in [0.25, 0.3) is 0 Å². The summed E-state index contributed by atoms with van der Waals surface area (Å²) in [6.07, 6.45) is 5.50. The third-order valence-corrected chi connectivity index (χ3v) is 2.64. The first kappa shape index (κ1) is 13.7. The summed E-state index contributed by atoms with van der Waals surface area (Å²) >= 11 is 0. The van der Waals surface area contributed by atoms with Crippen LogP contribution in [0.3, 0.4) is 0 Å². The van der Waals surface area contributed by atoms with Crippen molar-refractivity contribution in [1.82, 2.24) is 9.97 Å². The highest BCUT2D eigenvalue weighted by Gasteiger charge is 2.06. The van der Waals surface area contributed by atoms with Gasteiger partial charge in [0.1, 0.15) is 5.82 Å². The zero-order valence-electron chi connectivity index (χ0n) is 10.6. The van der Waals surface area contributed by atoms with Crippen LogP contribution in [0.15, 0.2) is 42.9 Å². The van der Waals surface area contributed by atoms with Crippen LogP contribution in [0.2, 0.25) is 0 Å². The second kappa shape index (κ2) is 6.42. The van der Waals surface area contributed by atoms with Crippen LogP contribution in [0, 0.1) is 0 Å². The molecule has 0 aliphatic rings. The molecule has 2 heterocycles. The molecule has 0 spiro atoms. The molecule has 0 aliphatic heterocycles. The summed E-state index contributed by atoms with van der Waals surface area (Å²) in [6.45, 7) is 0. The third kappa shape index (κ3) is 3.88. The van der Waals surface area contributed by atoms with Crippen molar-refractivity contribution >= 4 is 17.7 Å². The van der Waals surface area contributed by atoms with Crippen molar-refractivity contribution in [2.24, 2.45) is 0 Å². The van der Waals surface area contributed by atoms with Gasteiger partial charge in [-0.25, -0.2) is 9.78 Å². The second-order valence-corrected chi connectivity index (χ2v) is 4.15. The molecule has 20 heavy (non-hydrogen) atoms. The summed E-state index contributed by atoms with van der Waals surface area (Å²) in [5.41, 5.74) is 1.06. The van der Waals surface area contributed by atoms with E-state index in [4.69, 9.17) is 5.11 Å². The molecule has 0 unspecified atom stereocenters. The fraction of sp³-hybridized carbons (Fsp3) is 0.143. The zero-order chi connectivity index (χ0) is 14.4. The first-order valence-electron chi connectivity index (χ1n) is 6.03. The Kier molecular flexibility index (Phi) is 4.39. The minimum Gasteiger partial charge on any atom is -0.478 e. The quantitative estimate of drug-likeness (QED) is 0.864. The van der Waals surface area contributed by atoms with Gasteiger partial charge in [0.2, 0.25) is 5.91 Å². The minimum atomic E-state index is -1.05. The summed E-state index contributed by atoms with van der Waals surface area (Å²) in [7, 11) is 0. The molecular formula is C14H13N3O3. The van der Waals surface area contributed by atoms with Gasteiger partial charge in [0, 0.05) is 25.0 Å². The van der Waals surface area contributed by atoms with Gasteiger partial charge in [-0.1, -0.05) is 6.07 Å². The number of carbonyl (C=O) groups is 2. The van der Waals surface area contributed by atoms with Crippen LogP contribution in [0.5, 0.6) is 0 Å². The molecule has 2 aromatic heterocycles. The fourth-order valence-electron chi connectivity index (χ4n) is 1.60. The Morgan fingerprint density at radius 3 is 2.65 bits per heavy atom. The number of anilines is 1. The van der Waals surface area contributed by atoms with Crippen molar-refractivity contribution in [1.29, 1.82) is 0 Å². The molecule has 0 fully saturated rings. The Morgan fingerprint density at radius 2 is 2.05 bits per heavy atom. The smallest absolute Gasteiger partial charge is 0.337 e. The highest BCUT2D eigenvalue weighted by atomic mass is 16.4. The van der Waals surface area contributed by atoms with E-state index < -0.39 is 5.97 Å². The average molecular weight is 271 g/mol. The van der Waals surface area contributed by atoms with E-state index >= 15 is 0 Å². The number of rotatable bonds is 5. The molecule has 0 atom stereocenters. The molecule has 0 saturated heterocycles. The van der Waals surface area contributed by atoms with Gasteiger partial charge in [-0.15, -0.1) is 0 Å². The number of aryl methyl sites for hydroxylation is 1. The number of hydrogen-bond acceptors (Lipinski definition) is 4. The maximum atomic E-state index is 11.7. The molecule has 6 nitrogen and oxygen atoms in total. The van der Waals surface area contributed by atoms with Crippen molar-refractivity contribution in [3.05, 3.63) is 54.0 Å². The van der Waals surface area contributed by atoms with Gasteiger partial charge in [0.05, 0.1) is 5.56 Å². The Labute approximate surface area is 115 Å². The average Bonchev–Trinajstić information content (AvgIpc) is 2.47. The molecule has 0 aromatic carbocycles. The first-order valence-corrected chi connectivity index (χ1v) is 6.03. The first-order chi connectivity index (χ1) is 9.65. The summed E-state index contributed by atoms with van der Waals surface area (Å²) in [4.78, 5) is 30.2. The van der Waals surface area contributed by atoms with Crippen molar-refractivity contribution in [2.45, 2.75) is 12.8 Å². The van der Waals surface area contributed by atoms with Gasteiger partial charge in [0.15, 0.2) is 0 Å². The van der Waals surface area contributed by atoms with Crippen LogP contribution in [-0.2, 0) is 11.2 Å². The molecule has 2 N–H and O–H groups in total. The number of aromatic carboxylic acids is 1. The van der Waals surface area contributed by atoms with Crippen LogP contribution >= 0.6 is 0 Å². The summed E-state index contributed by atoms with van der Waals surface area (Å²) < 4.78 is 0. The lowest BCUT2D eigenvalue weighted by molar-refractivity contribution is -0.116. The van der Waals surface area contributed by atoms with Crippen molar-refractivity contribution < 1.29 is 14.7 Å². The number of amides is 1. The van der Waals surface area contributed by atoms with Gasteiger partial charge in [0.25, 0.3) is 0 Å². The number of carboxylic acid groups (broad SMARTS) is 1. The zero-order valence-corrected chi connectivity index (χ0v) is 10.6. The minimum absolute atomic E-state index is 0.0818. The number of carbonyl (C=O) groups excluding carboxylic acids is 1. The Hall–Kier alpha value is -2.76. The normalized spacial score (nSPS) is 10.0. The van der Waals surface area contributed by atoms with Crippen LogP contribution < -0.4 is 5.32 Å². The highest BCUT2D eigenvalue weighted by molar-refractivity contribution is 5.91. The van der Waals surface area contributed by atoms with Crippen molar-refractivity contribution in [2.75, 3.05) is 5.32 Å². The lowest BCUT2D eigenvalue weighted by Crippen LogP contribution is -2.13. The van der Waals surface area contributed by atoms with Gasteiger partial charge >= 0.3 is 5.97 Å². The number of carboxylic acids is 1. The molecule has 0 aliphatic carbocycles. The Morgan fingerprint density at radius 1 is 1.20 bits per heavy atom. The van der Waals surface area contributed by atoms with Gasteiger partial charge in [-0.3, -0.25) is 9.78 Å². The maximum Gasteiger partial charge on any atom is 0.337 e. The van der Waals surface area contributed by atoms with Gasteiger partial charge in [-0.05, 0) is 30.2 Å².